The van der Waals surface area contributed by atoms with Crippen LogP contribution >= 0.6 is 0 Å². The Bertz CT molecular complexity index is 299. The normalized spacial score (nSPS) is 22.4. The lowest BCUT2D eigenvalue weighted by Crippen LogP contribution is -2.39. The number of piperidine rings is 1. The number of nitrogen functional groups attached to an aromatic ring is 1. The number of hydrogen-bond acceptors (Lipinski definition) is 4. The van der Waals surface area contributed by atoms with Gasteiger partial charge in [0.25, 0.3) is 0 Å². The fourth-order valence-electron chi connectivity index (χ4n) is 1.78. The number of pyridine rings is 1. The summed E-state index contributed by atoms with van der Waals surface area (Å²) in [6.07, 6.45) is 4.41. The Morgan fingerprint density at radius 3 is 2.93 bits per heavy atom. The number of rotatable bonds is 1. The number of nitrogens with two attached hydrogens (primary N) is 1. The lowest BCUT2D eigenvalue weighted by Gasteiger charge is -2.33. The van der Waals surface area contributed by atoms with Gasteiger partial charge in [-0.15, -0.1) is 0 Å². The first-order valence-corrected chi connectivity index (χ1v) is 4.93. The van der Waals surface area contributed by atoms with Crippen LogP contribution in [0.25, 0.3) is 0 Å². The fourth-order valence-corrected chi connectivity index (χ4v) is 1.78. The highest BCUT2D eigenvalue weighted by Crippen LogP contribution is 2.22. The van der Waals surface area contributed by atoms with Crippen LogP contribution in [0.2, 0.25) is 0 Å². The minimum Gasteiger partial charge on any atom is -0.384 e. The van der Waals surface area contributed by atoms with Gasteiger partial charge >= 0.3 is 0 Å². The molecule has 1 atom stereocenters. The maximum absolute atomic E-state index is 9.76. The second-order valence-electron chi connectivity index (χ2n) is 3.61. The molecule has 1 saturated heterocycles. The van der Waals surface area contributed by atoms with E-state index in [1.807, 2.05) is 11.0 Å². The van der Waals surface area contributed by atoms with Crippen molar-refractivity contribution in [3.8, 4) is 0 Å². The molecule has 0 saturated carbocycles. The van der Waals surface area contributed by atoms with Gasteiger partial charge in [-0.25, -0.2) is 4.98 Å². The summed E-state index contributed by atoms with van der Waals surface area (Å²) >= 11 is 0. The van der Waals surface area contributed by atoms with Crippen molar-refractivity contribution in [2.24, 2.45) is 0 Å². The predicted molar refractivity (Wildman–Crippen MR) is 55.9 cm³/mol. The number of anilines is 2. The molecule has 1 aliphatic rings. The Hall–Kier alpha value is -1.29. The molecule has 0 bridgehead atoms. The van der Waals surface area contributed by atoms with E-state index in [9.17, 15) is 5.11 Å². The number of aliphatic hydroxyl groups excluding tert-OH is 1. The molecule has 1 aromatic heterocycles. The molecule has 2 rings (SSSR count). The average Bonchev–Trinajstić information content (AvgIpc) is 2.20. The summed E-state index contributed by atoms with van der Waals surface area (Å²) in [6, 6.07) is 3.66. The molecule has 4 nitrogen and oxygen atoms in total. The zero-order chi connectivity index (χ0) is 9.97. The van der Waals surface area contributed by atoms with Crippen molar-refractivity contribution in [2.75, 3.05) is 17.2 Å². The molecule has 1 unspecified atom stereocenters. The molecule has 0 radical (unpaired) electrons. The van der Waals surface area contributed by atoms with Gasteiger partial charge < -0.3 is 15.7 Å². The van der Waals surface area contributed by atoms with Crippen LogP contribution in [-0.4, -0.2) is 22.9 Å². The smallest absolute Gasteiger partial charge is 0.126 e. The molecule has 0 spiro atoms. The van der Waals surface area contributed by atoms with Gasteiger partial charge in [0.1, 0.15) is 12.0 Å². The average molecular weight is 193 g/mol. The Labute approximate surface area is 83.4 Å². The molecular weight excluding hydrogens is 178 g/mol. The third-order valence-electron chi connectivity index (χ3n) is 2.57. The van der Waals surface area contributed by atoms with Crippen molar-refractivity contribution in [1.29, 1.82) is 0 Å². The molecule has 76 valence electrons. The van der Waals surface area contributed by atoms with Crippen LogP contribution in [0.4, 0.5) is 11.5 Å². The van der Waals surface area contributed by atoms with E-state index in [1.54, 1.807) is 12.3 Å². The van der Waals surface area contributed by atoms with Gasteiger partial charge in [-0.05, 0) is 31.4 Å². The summed E-state index contributed by atoms with van der Waals surface area (Å²) in [7, 11) is 0. The summed E-state index contributed by atoms with van der Waals surface area (Å²) in [5.41, 5.74) is 6.45. The second kappa shape index (κ2) is 3.84. The van der Waals surface area contributed by atoms with Crippen molar-refractivity contribution in [1.82, 2.24) is 4.98 Å². The van der Waals surface area contributed by atoms with E-state index in [0.29, 0.717) is 5.82 Å². The van der Waals surface area contributed by atoms with Crippen LogP contribution in [0.3, 0.4) is 0 Å². The largest absolute Gasteiger partial charge is 0.384 e. The third kappa shape index (κ3) is 1.80. The van der Waals surface area contributed by atoms with Gasteiger partial charge in [-0.2, -0.15) is 0 Å². The van der Waals surface area contributed by atoms with Crippen molar-refractivity contribution in [3.05, 3.63) is 18.3 Å². The van der Waals surface area contributed by atoms with Crippen LogP contribution < -0.4 is 10.6 Å². The Morgan fingerprint density at radius 2 is 2.29 bits per heavy atom. The molecule has 4 heteroatoms. The Kier molecular flexibility index (Phi) is 2.54. The highest BCUT2D eigenvalue weighted by Gasteiger charge is 2.19. The number of aromatic nitrogens is 1. The standard InChI is InChI=1S/C10H15N3O/c11-9-5-4-8(7-12-9)13-6-2-1-3-10(13)14/h4-5,7,10,14H,1-3,6H2,(H2,11,12). The quantitative estimate of drug-likeness (QED) is 0.697. The lowest BCUT2D eigenvalue weighted by molar-refractivity contribution is 0.140. The van der Waals surface area contributed by atoms with Gasteiger partial charge in [0, 0.05) is 6.54 Å². The van der Waals surface area contributed by atoms with Crippen LogP contribution in [0.1, 0.15) is 19.3 Å². The summed E-state index contributed by atoms with van der Waals surface area (Å²) in [4.78, 5) is 5.98. The SMILES string of the molecule is Nc1ccc(N2CCCCC2O)cn1. The minimum absolute atomic E-state index is 0.367. The van der Waals surface area contributed by atoms with Crippen LogP contribution in [-0.2, 0) is 0 Å². The van der Waals surface area contributed by atoms with E-state index in [0.717, 1.165) is 31.5 Å². The first-order chi connectivity index (χ1) is 6.77. The van der Waals surface area contributed by atoms with Crippen molar-refractivity contribution < 1.29 is 5.11 Å². The molecule has 1 fully saturated rings. The topological polar surface area (TPSA) is 62.4 Å². The van der Waals surface area contributed by atoms with E-state index in [-0.39, 0.29) is 6.23 Å². The first kappa shape index (κ1) is 9.27. The maximum Gasteiger partial charge on any atom is 0.126 e. The van der Waals surface area contributed by atoms with Gasteiger partial charge in [0.2, 0.25) is 0 Å². The third-order valence-corrected chi connectivity index (χ3v) is 2.57. The molecular formula is C10H15N3O. The zero-order valence-corrected chi connectivity index (χ0v) is 8.06. The van der Waals surface area contributed by atoms with Crippen LogP contribution in [0.15, 0.2) is 18.3 Å². The zero-order valence-electron chi connectivity index (χ0n) is 8.06. The Morgan fingerprint density at radius 1 is 1.43 bits per heavy atom. The monoisotopic (exact) mass is 193 g/mol. The van der Waals surface area contributed by atoms with Gasteiger partial charge in [0.15, 0.2) is 0 Å². The second-order valence-corrected chi connectivity index (χ2v) is 3.61. The van der Waals surface area contributed by atoms with E-state index < -0.39 is 0 Å². The first-order valence-electron chi connectivity index (χ1n) is 4.93. The molecule has 2 heterocycles. The molecule has 0 amide bonds. The van der Waals surface area contributed by atoms with Gasteiger partial charge in [-0.1, -0.05) is 0 Å². The van der Waals surface area contributed by atoms with Crippen molar-refractivity contribution in [3.63, 3.8) is 0 Å². The number of hydrogen-bond donors (Lipinski definition) is 2. The van der Waals surface area contributed by atoms with E-state index in [4.69, 9.17) is 5.73 Å². The predicted octanol–water partition coefficient (Wildman–Crippen LogP) is 0.972. The van der Waals surface area contributed by atoms with Crippen LogP contribution in [0, 0.1) is 0 Å². The molecule has 1 aliphatic heterocycles. The number of aliphatic hydroxyl groups is 1. The number of nitrogens with zero attached hydrogens (tertiary/aromatic N) is 2. The minimum atomic E-state index is -0.367. The summed E-state index contributed by atoms with van der Waals surface area (Å²) in [5, 5.41) is 9.76. The van der Waals surface area contributed by atoms with E-state index in [1.165, 1.54) is 0 Å². The summed E-state index contributed by atoms with van der Waals surface area (Å²) in [6.45, 7) is 0.896. The van der Waals surface area contributed by atoms with Crippen LogP contribution in [0.5, 0.6) is 0 Å². The highest BCUT2D eigenvalue weighted by molar-refractivity contribution is 5.48. The van der Waals surface area contributed by atoms with Gasteiger partial charge in [0.05, 0.1) is 11.9 Å². The maximum atomic E-state index is 9.76. The van der Waals surface area contributed by atoms with Gasteiger partial charge in [-0.3, -0.25) is 0 Å². The molecule has 1 aromatic rings. The Balaban J connectivity index is 2.16. The lowest BCUT2D eigenvalue weighted by atomic mass is 10.1. The molecule has 0 aliphatic carbocycles. The van der Waals surface area contributed by atoms with Crippen molar-refractivity contribution >= 4 is 11.5 Å². The van der Waals surface area contributed by atoms with E-state index >= 15 is 0 Å². The summed E-state index contributed by atoms with van der Waals surface area (Å²) in [5.74, 6) is 0.514. The van der Waals surface area contributed by atoms with E-state index in [2.05, 4.69) is 4.98 Å². The molecule has 3 N–H and O–H groups in total. The fraction of sp³-hybridized carbons (Fsp3) is 0.500. The van der Waals surface area contributed by atoms with Crippen molar-refractivity contribution in [2.45, 2.75) is 25.5 Å². The highest BCUT2D eigenvalue weighted by atomic mass is 16.3. The summed E-state index contributed by atoms with van der Waals surface area (Å²) < 4.78 is 0. The molecule has 14 heavy (non-hydrogen) atoms. The molecule has 0 aromatic carbocycles.